The van der Waals surface area contributed by atoms with Gasteiger partial charge < -0.3 is 10.3 Å². The van der Waals surface area contributed by atoms with Crippen LogP contribution in [0.4, 0.5) is 14.7 Å². The Morgan fingerprint density at radius 1 is 1.44 bits per heavy atom. The summed E-state index contributed by atoms with van der Waals surface area (Å²) in [6.45, 7) is 1.96. The maximum Gasteiger partial charge on any atom is 0.248 e. The Morgan fingerprint density at radius 2 is 2.06 bits per heavy atom. The zero-order chi connectivity index (χ0) is 11.8. The standard InChI is InChI=1S/C11H16F2N2O/c1-2-8-9(15-16-10(8)14)7-3-5-11(12,13)6-4-7/h7H,2-6,14H2,1H3. The van der Waals surface area contributed by atoms with Crippen LogP contribution in [0, 0.1) is 0 Å². The lowest BCUT2D eigenvalue weighted by molar-refractivity contribution is -0.0387. The molecule has 0 aromatic carbocycles. The highest BCUT2D eigenvalue weighted by Crippen LogP contribution is 2.42. The Bertz CT molecular complexity index is 366. The van der Waals surface area contributed by atoms with Crippen molar-refractivity contribution in [2.75, 3.05) is 5.73 Å². The Morgan fingerprint density at radius 3 is 2.62 bits per heavy atom. The summed E-state index contributed by atoms with van der Waals surface area (Å²) in [6, 6.07) is 0. The molecule has 0 bridgehead atoms. The van der Waals surface area contributed by atoms with Gasteiger partial charge in [0.1, 0.15) is 0 Å². The zero-order valence-electron chi connectivity index (χ0n) is 9.30. The Labute approximate surface area is 93.0 Å². The summed E-state index contributed by atoms with van der Waals surface area (Å²) in [5.41, 5.74) is 7.31. The maximum atomic E-state index is 13.0. The minimum absolute atomic E-state index is 0.0619. The van der Waals surface area contributed by atoms with E-state index in [1.807, 2.05) is 6.92 Å². The number of anilines is 1. The zero-order valence-corrected chi connectivity index (χ0v) is 9.30. The fourth-order valence-electron chi connectivity index (χ4n) is 2.32. The minimum Gasteiger partial charge on any atom is -0.367 e. The summed E-state index contributed by atoms with van der Waals surface area (Å²) in [5, 5.41) is 3.91. The van der Waals surface area contributed by atoms with Gasteiger partial charge in [0.15, 0.2) is 0 Å². The Kier molecular flexibility index (Phi) is 2.86. The van der Waals surface area contributed by atoms with Gasteiger partial charge in [0, 0.05) is 24.3 Å². The van der Waals surface area contributed by atoms with Crippen LogP contribution in [0.5, 0.6) is 0 Å². The van der Waals surface area contributed by atoms with Crippen molar-refractivity contribution >= 4 is 5.88 Å². The number of hydrogen-bond acceptors (Lipinski definition) is 3. The lowest BCUT2D eigenvalue weighted by Crippen LogP contribution is -2.24. The van der Waals surface area contributed by atoms with Crippen molar-refractivity contribution in [3.8, 4) is 0 Å². The summed E-state index contributed by atoms with van der Waals surface area (Å²) >= 11 is 0. The lowest BCUT2D eigenvalue weighted by atomic mass is 9.83. The van der Waals surface area contributed by atoms with Crippen molar-refractivity contribution in [1.29, 1.82) is 0 Å². The fraction of sp³-hybridized carbons (Fsp3) is 0.727. The van der Waals surface area contributed by atoms with Gasteiger partial charge in [-0.1, -0.05) is 12.1 Å². The average molecular weight is 230 g/mol. The van der Waals surface area contributed by atoms with E-state index in [4.69, 9.17) is 10.3 Å². The van der Waals surface area contributed by atoms with Gasteiger partial charge in [-0.3, -0.25) is 0 Å². The van der Waals surface area contributed by atoms with Crippen molar-refractivity contribution in [3.05, 3.63) is 11.3 Å². The molecular formula is C11H16F2N2O. The molecule has 2 rings (SSSR count). The van der Waals surface area contributed by atoms with Crippen LogP contribution in [0.1, 0.15) is 49.8 Å². The van der Waals surface area contributed by atoms with Crippen LogP contribution in [-0.4, -0.2) is 11.1 Å². The molecule has 16 heavy (non-hydrogen) atoms. The molecule has 1 heterocycles. The molecule has 0 aliphatic heterocycles. The third-order valence-corrected chi connectivity index (χ3v) is 3.31. The number of nitrogens with two attached hydrogens (primary N) is 1. The molecule has 0 amide bonds. The summed E-state index contributed by atoms with van der Waals surface area (Å²) in [4.78, 5) is 0. The molecule has 1 aliphatic carbocycles. The van der Waals surface area contributed by atoms with Crippen LogP contribution >= 0.6 is 0 Å². The molecule has 90 valence electrons. The summed E-state index contributed by atoms with van der Waals surface area (Å²) in [5.74, 6) is -2.09. The second-order valence-electron chi connectivity index (χ2n) is 4.39. The van der Waals surface area contributed by atoms with Gasteiger partial charge in [-0.15, -0.1) is 0 Å². The average Bonchev–Trinajstić information content (AvgIpc) is 2.59. The van der Waals surface area contributed by atoms with Gasteiger partial charge in [0.25, 0.3) is 0 Å². The number of rotatable bonds is 2. The first-order chi connectivity index (χ1) is 7.53. The predicted molar refractivity (Wildman–Crippen MR) is 56.4 cm³/mol. The number of hydrogen-bond donors (Lipinski definition) is 1. The van der Waals surface area contributed by atoms with E-state index in [1.165, 1.54) is 0 Å². The number of nitrogen functional groups attached to an aromatic ring is 1. The molecule has 3 nitrogen and oxygen atoms in total. The van der Waals surface area contributed by atoms with E-state index in [0.717, 1.165) is 17.7 Å². The third kappa shape index (κ3) is 2.03. The van der Waals surface area contributed by atoms with Crippen molar-refractivity contribution < 1.29 is 13.3 Å². The Hall–Kier alpha value is -1.13. The summed E-state index contributed by atoms with van der Waals surface area (Å²) in [6.07, 6.45) is 1.54. The van der Waals surface area contributed by atoms with E-state index in [1.54, 1.807) is 0 Å². The Balaban J connectivity index is 2.14. The lowest BCUT2D eigenvalue weighted by Gasteiger charge is -2.27. The highest BCUT2D eigenvalue weighted by molar-refractivity contribution is 5.40. The molecule has 1 aromatic rings. The molecule has 1 aliphatic rings. The monoisotopic (exact) mass is 230 g/mol. The molecule has 0 saturated heterocycles. The first-order valence-electron chi connectivity index (χ1n) is 5.65. The fourth-order valence-corrected chi connectivity index (χ4v) is 2.32. The van der Waals surface area contributed by atoms with Crippen LogP contribution in [0.3, 0.4) is 0 Å². The first-order valence-corrected chi connectivity index (χ1v) is 5.65. The molecule has 5 heteroatoms. The van der Waals surface area contributed by atoms with E-state index in [-0.39, 0.29) is 18.8 Å². The SMILES string of the molecule is CCc1c(C2CCC(F)(F)CC2)noc1N. The molecule has 1 fully saturated rings. The van der Waals surface area contributed by atoms with Gasteiger partial charge in [0.05, 0.1) is 5.69 Å². The quantitative estimate of drug-likeness (QED) is 0.849. The number of aromatic nitrogens is 1. The van der Waals surface area contributed by atoms with E-state index in [9.17, 15) is 8.78 Å². The van der Waals surface area contributed by atoms with E-state index in [2.05, 4.69) is 5.16 Å². The van der Waals surface area contributed by atoms with E-state index >= 15 is 0 Å². The predicted octanol–water partition coefficient (Wildman–Crippen LogP) is 3.11. The number of halogens is 2. The first kappa shape index (κ1) is 11.4. The van der Waals surface area contributed by atoms with Gasteiger partial charge in [-0.2, -0.15) is 0 Å². The van der Waals surface area contributed by atoms with Gasteiger partial charge >= 0.3 is 0 Å². The second-order valence-corrected chi connectivity index (χ2v) is 4.39. The van der Waals surface area contributed by atoms with Gasteiger partial charge in [-0.05, 0) is 19.3 Å². The number of nitrogens with zero attached hydrogens (tertiary/aromatic N) is 1. The van der Waals surface area contributed by atoms with Crippen LogP contribution in [0.25, 0.3) is 0 Å². The normalized spacial score (nSPS) is 21.2. The molecule has 1 saturated carbocycles. The smallest absolute Gasteiger partial charge is 0.248 e. The van der Waals surface area contributed by atoms with Gasteiger partial charge in [-0.25, -0.2) is 8.78 Å². The number of alkyl halides is 2. The van der Waals surface area contributed by atoms with Crippen LogP contribution in [0.2, 0.25) is 0 Å². The van der Waals surface area contributed by atoms with E-state index < -0.39 is 5.92 Å². The largest absolute Gasteiger partial charge is 0.367 e. The third-order valence-electron chi connectivity index (χ3n) is 3.31. The van der Waals surface area contributed by atoms with Crippen LogP contribution < -0.4 is 5.73 Å². The van der Waals surface area contributed by atoms with Crippen molar-refractivity contribution in [1.82, 2.24) is 5.16 Å². The molecule has 0 unspecified atom stereocenters. The van der Waals surface area contributed by atoms with Crippen LogP contribution in [-0.2, 0) is 6.42 Å². The highest BCUT2D eigenvalue weighted by atomic mass is 19.3. The molecule has 0 radical (unpaired) electrons. The summed E-state index contributed by atoms with van der Waals surface area (Å²) < 4.78 is 31.0. The second kappa shape index (κ2) is 4.03. The van der Waals surface area contributed by atoms with Crippen molar-refractivity contribution in [3.63, 3.8) is 0 Å². The van der Waals surface area contributed by atoms with E-state index in [0.29, 0.717) is 18.7 Å². The minimum atomic E-state index is -2.50. The molecular weight excluding hydrogens is 214 g/mol. The summed E-state index contributed by atoms with van der Waals surface area (Å²) in [7, 11) is 0. The van der Waals surface area contributed by atoms with Gasteiger partial charge in [0.2, 0.25) is 11.8 Å². The van der Waals surface area contributed by atoms with Crippen molar-refractivity contribution in [2.45, 2.75) is 50.9 Å². The molecule has 0 spiro atoms. The molecule has 1 aromatic heterocycles. The topological polar surface area (TPSA) is 52.0 Å². The molecule has 0 atom stereocenters. The van der Waals surface area contributed by atoms with Crippen LogP contribution in [0.15, 0.2) is 4.52 Å². The molecule has 2 N–H and O–H groups in total. The van der Waals surface area contributed by atoms with Crippen molar-refractivity contribution in [2.24, 2.45) is 0 Å². The maximum absolute atomic E-state index is 13.0. The highest BCUT2D eigenvalue weighted by Gasteiger charge is 2.37.